The predicted octanol–water partition coefficient (Wildman–Crippen LogP) is 10.2. The highest BCUT2D eigenvalue weighted by Crippen LogP contribution is 2.72. The molecule has 0 amide bonds. The number of rotatable bonds is 12. The first kappa shape index (κ1) is 39.2. The largest absolute Gasteiger partial charge is 0.460 e. The molecule has 0 radical (unpaired) electrons. The quantitative estimate of drug-likeness (QED) is 0.173. The Labute approximate surface area is 259 Å². The molecular formula is C26H15F17O3S2. The fourth-order valence-electron chi connectivity index (χ4n) is 3.85. The van der Waals surface area contributed by atoms with Gasteiger partial charge in [-0.05, 0) is 46.7 Å². The lowest BCUT2D eigenvalue weighted by atomic mass is 9.91. The summed E-state index contributed by atoms with van der Waals surface area (Å²) in [5, 5.41) is -7.85. The summed E-state index contributed by atoms with van der Waals surface area (Å²) >= 11 is 0. The minimum Gasteiger partial charge on any atom is -0.202 e. The molecule has 0 aliphatic carbocycles. The van der Waals surface area contributed by atoms with E-state index in [1.165, 1.54) is 18.2 Å². The molecule has 0 aliphatic heterocycles. The fraction of sp³-hybridized carbons (Fsp3) is 0.308. The lowest BCUT2D eigenvalue weighted by Gasteiger charge is -2.43. The van der Waals surface area contributed by atoms with Crippen molar-refractivity contribution in [2.45, 2.75) is 61.7 Å². The van der Waals surface area contributed by atoms with Crippen molar-refractivity contribution in [3.05, 3.63) is 91.0 Å². The zero-order chi connectivity index (χ0) is 37.0. The van der Waals surface area contributed by atoms with Crippen molar-refractivity contribution in [1.29, 1.82) is 0 Å². The van der Waals surface area contributed by atoms with Crippen LogP contribution in [-0.2, 0) is 13.7 Å². The molecule has 0 heterocycles. The first-order valence-electron chi connectivity index (χ1n) is 12.2. The van der Waals surface area contributed by atoms with Gasteiger partial charge in [-0.3, -0.25) is 0 Å². The number of halogens is 17. The van der Waals surface area contributed by atoms with Crippen LogP contribution in [0.3, 0.4) is 0 Å². The zero-order valence-corrected chi connectivity index (χ0v) is 24.3. The van der Waals surface area contributed by atoms with Gasteiger partial charge in [-0.2, -0.15) is 83.1 Å². The van der Waals surface area contributed by atoms with E-state index in [0.717, 1.165) is 72.8 Å². The smallest absolute Gasteiger partial charge is 0.202 e. The maximum absolute atomic E-state index is 15.2. The van der Waals surface area contributed by atoms with Crippen molar-refractivity contribution in [1.82, 2.24) is 0 Å². The Morgan fingerprint density at radius 1 is 0.375 bits per heavy atom. The maximum Gasteiger partial charge on any atom is 0.460 e. The molecule has 0 aromatic heterocycles. The van der Waals surface area contributed by atoms with Gasteiger partial charge in [0.05, 0.1) is 0 Å². The lowest BCUT2D eigenvalue weighted by molar-refractivity contribution is -0.458. The summed E-state index contributed by atoms with van der Waals surface area (Å²) in [5.41, 5.74) is 0. The van der Waals surface area contributed by atoms with Crippen LogP contribution in [-0.4, -0.2) is 55.4 Å². The molecule has 0 atom stereocenters. The second kappa shape index (κ2) is 12.0. The van der Waals surface area contributed by atoms with E-state index in [9.17, 15) is 74.3 Å². The van der Waals surface area contributed by atoms with Crippen molar-refractivity contribution in [2.75, 3.05) is 0 Å². The van der Waals surface area contributed by atoms with Gasteiger partial charge in [-0.1, -0.05) is 54.6 Å². The van der Waals surface area contributed by atoms with Crippen LogP contribution in [0.2, 0.25) is 0 Å². The van der Waals surface area contributed by atoms with Crippen molar-refractivity contribution >= 4 is 20.4 Å². The first-order valence-corrected chi connectivity index (χ1v) is 15.1. The van der Waals surface area contributed by atoms with Crippen LogP contribution in [0.15, 0.2) is 106 Å². The van der Waals surface area contributed by atoms with Gasteiger partial charge < -0.3 is 0 Å². The summed E-state index contributed by atoms with van der Waals surface area (Å²) in [4.78, 5) is -1.45. The standard InChI is InChI=1S/C26H15F17O3S2/c27-19(28,21(31,32)23(35,36)25(39,40)41)20(29,30)22(33,34)24(37,38)26(42,43)48(44,45)46-47(16-10-4-1-5-11-16,17-12-6-2-7-13-17)18-14-8-3-9-15-18/h1-15H. The number of hydrogen-bond donors (Lipinski definition) is 0. The minimum atomic E-state index is -8.96. The molecule has 3 aromatic carbocycles. The summed E-state index contributed by atoms with van der Waals surface area (Å²) in [6, 6.07) is 16.1. The molecule has 3 rings (SSSR count). The topological polar surface area (TPSA) is 43.4 Å². The highest BCUT2D eigenvalue weighted by Gasteiger charge is 2.96. The summed E-state index contributed by atoms with van der Waals surface area (Å²) in [5.74, 6) is -52.3. The van der Waals surface area contributed by atoms with Crippen molar-refractivity contribution < 1.29 is 86.7 Å². The van der Waals surface area contributed by atoms with Crippen LogP contribution in [0.5, 0.6) is 0 Å². The molecule has 0 unspecified atom stereocenters. The van der Waals surface area contributed by atoms with Gasteiger partial charge in [0, 0.05) is 14.7 Å². The summed E-state index contributed by atoms with van der Waals surface area (Å²) in [6.45, 7) is 0. The number of hydrogen-bond acceptors (Lipinski definition) is 3. The highest BCUT2D eigenvalue weighted by molar-refractivity contribution is 8.33. The van der Waals surface area contributed by atoms with Crippen LogP contribution < -0.4 is 0 Å². The predicted molar refractivity (Wildman–Crippen MR) is 132 cm³/mol. The van der Waals surface area contributed by atoms with E-state index in [-0.39, 0.29) is 0 Å². The molecule has 0 spiro atoms. The van der Waals surface area contributed by atoms with E-state index >= 15 is 8.78 Å². The maximum atomic E-state index is 15.2. The Morgan fingerprint density at radius 3 is 0.896 bits per heavy atom. The summed E-state index contributed by atoms with van der Waals surface area (Å²) in [6.07, 6.45) is -7.92. The Bertz CT molecular complexity index is 1580. The van der Waals surface area contributed by atoms with E-state index in [2.05, 4.69) is 3.63 Å². The third-order valence-electron chi connectivity index (χ3n) is 6.42. The van der Waals surface area contributed by atoms with E-state index in [1.54, 1.807) is 0 Å². The summed E-state index contributed by atoms with van der Waals surface area (Å²) in [7, 11) is -12.3. The molecule has 22 heteroatoms. The number of benzene rings is 3. The average molecular weight is 763 g/mol. The van der Waals surface area contributed by atoms with Gasteiger partial charge in [0.1, 0.15) is 0 Å². The molecule has 0 saturated heterocycles. The molecule has 3 nitrogen and oxygen atoms in total. The van der Waals surface area contributed by atoms with Crippen molar-refractivity contribution in [3.63, 3.8) is 0 Å². The van der Waals surface area contributed by atoms with Crippen molar-refractivity contribution in [2.24, 2.45) is 0 Å². The average Bonchev–Trinajstić information content (AvgIpc) is 3.00. The van der Waals surface area contributed by atoms with E-state index < -0.39 is 82.1 Å². The van der Waals surface area contributed by atoms with Crippen LogP contribution >= 0.6 is 10.3 Å². The Balaban J connectivity index is 2.29. The fourth-order valence-corrected chi connectivity index (χ4v) is 9.09. The molecule has 0 aliphatic rings. The Kier molecular flexibility index (Phi) is 9.75. The molecule has 0 bridgehead atoms. The van der Waals surface area contributed by atoms with Gasteiger partial charge in [0.25, 0.3) is 0 Å². The third kappa shape index (κ3) is 5.46. The normalized spacial score (nSPS) is 15.4. The van der Waals surface area contributed by atoms with Crippen LogP contribution in [0.1, 0.15) is 0 Å². The highest BCUT2D eigenvalue weighted by atomic mass is 32.3. The van der Waals surface area contributed by atoms with Crippen LogP contribution in [0.4, 0.5) is 74.6 Å². The molecule has 0 N–H and O–H groups in total. The van der Waals surface area contributed by atoms with Gasteiger partial charge in [0.15, 0.2) is 0 Å². The molecular weight excluding hydrogens is 747 g/mol. The van der Waals surface area contributed by atoms with Gasteiger partial charge in [-0.15, -0.1) is 0 Å². The Hall–Kier alpha value is -3.27. The summed E-state index contributed by atoms with van der Waals surface area (Å²) < 4.78 is 266. The third-order valence-corrected chi connectivity index (χ3v) is 11.6. The van der Waals surface area contributed by atoms with E-state index in [1.807, 2.05) is 0 Å². The molecule has 0 fully saturated rings. The van der Waals surface area contributed by atoms with Crippen molar-refractivity contribution in [3.8, 4) is 0 Å². The lowest BCUT2D eigenvalue weighted by Crippen LogP contribution is -2.75. The van der Waals surface area contributed by atoms with Gasteiger partial charge in [0.2, 0.25) is 0 Å². The molecule has 268 valence electrons. The van der Waals surface area contributed by atoms with Crippen LogP contribution in [0, 0.1) is 0 Å². The van der Waals surface area contributed by atoms with Gasteiger partial charge >= 0.3 is 57.1 Å². The zero-order valence-electron chi connectivity index (χ0n) is 22.6. The second-order valence-corrected chi connectivity index (χ2v) is 14.0. The van der Waals surface area contributed by atoms with Gasteiger partial charge in [-0.25, -0.2) is 3.63 Å². The minimum absolute atomic E-state index is 0.484. The van der Waals surface area contributed by atoms with E-state index in [0.29, 0.717) is 0 Å². The molecule has 48 heavy (non-hydrogen) atoms. The SMILES string of the molecule is O=S(=O)(OS(c1ccccc1)(c1ccccc1)c1ccccc1)C(F)(F)C(F)(F)C(F)(F)C(F)(F)C(F)(F)C(F)(F)C(F)(F)C(F)(F)F. The van der Waals surface area contributed by atoms with E-state index in [4.69, 9.17) is 0 Å². The second-order valence-electron chi connectivity index (χ2n) is 9.48. The Morgan fingerprint density at radius 2 is 0.625 bits per heavy atom. The monoisotopic (exact) mass is 762 g/mol. The number of alkyl halides is 17. The van der Waals surface area contributed by atoms with Crippen LogP contribution in [0.25, 0.3) is 0 Å². The molecule has 0 saturated carbocycles. The molecule has 3 aromatic rings. The first-order chi connectivity index (χ1) is 21.5.